The summed E-state index contributed by atoms with van der Waals surface area (Å²) in [7, 11) is 0. The Balaban J connectivity index is 1.61. The fourth-order valence-corrected chi connectivity index (χ4v) is 4.66. The summed E-state index contributed by atoms with van der Waals surface area (Å²) >= 11 is 0. The van der Waals surface area contributed by atoms with Gasteiger partial charge in [-0.1, -0.05) is 13.3 Å². The second-order valence-electron chi connectivity index (χ2n) is 8.01. The van der Waals surface area contributed by atoms with Crippen molar-refractivity contribution in [2.24, 2.45) is 17.3 Å². The Hall–Kier alpha value is -1.30. The number of likely N-dealkylation sites (tertiary alicyclic amines) is 2. The third-order valence-electron chi connectivity index (χ3n) is 6.26. The van der Waals surface area contributed by atoms with Crippen LogP contribution in [0.3, 0.4) is 0 Å². The van der Waals surface area contributed by atoms with E-state index < -0.39 is 11.4 Å². The fraction of sp³-hybridized carbons (Fsp3) is 0.882. The molecule has 2 saturated heterocycles. The number of carbonyl (C=O) groups is 2. The van der Waals surface area contributed by atoms with E-state index in [0.29, 0.717) is 31.5 Å². The van der Waals surface area contributed by atoms with E-state index in [2.05, 4.69) is 31.0 Å². The minimum absolute atomic E-state index is 0.0810. The molecule has 23 heavy (non-hydrogen) atoms. The largest absolute Gasteiger partial charge is 0.481 e. The zero-order valence-electron chi connectivity index (χ0n) is 14.4. The molecule has 3 rings (SSSR count). The standard InChI is InChI=1S/C17H29N3O3/c1-11(2)19-7-12(3)14(9-19)18-16(23)20-8-13-5-4-6-17(13,10-20)15(21)22/h11-14H,4-10H2,1-3H3,(H,18,23)(H,21,22)/t12?,13-,14?,17+/m0/s1. The minimum Gasteiger partial charge on any atom is -0.481 e. The van der Waals surface area contributed by atoms with Crippen LogP contribution in [-0.2, 0) is 4.79 Å². The molecule has 2 heterocycles. The molecular formula is C17H29N3O3. The number of carboxylic acid groups (broad SMARTS) is 1. The van der Waals surface area contributed by atoms with E-state index in [9.17, 15) is 14.7 Å². The van der Waals surface area contributed by atoms with E-state index in [1.807, 2.05) is 0 Å². The molecule has 2 N–H and O–H groups in total. The molecular weight excluding hydrogens is 294 g/mol. The van der Waals surface area contributed by atoms with E-state index in [-0.39, 0.29) is 18.0 Å². The van der Waals surface area contributed by atoms with Gasteiger partial charge >= 0.3 is 12.0 Å². The molecule has 1 aliphatic carbocycles. The van der Waals surface area contributed by atoms with Gasteiger partial charge in [0.2, 0.25) is 0 Å². The summed E-state index contributed by atoms with van der Waals surface area (Å²) in [6.07, 6.45) is 2.60. The highest BCUT2D eigenvalue weighted by molar-refractivity contribution is 5.80. The Bertz CT molecular complexity index is 495. The summed E-state index contributed by atoms with van der Waals surface area (Å²) in [5.41, 5.74) is -0.692. The van der Waals surface area contributed by atoms with Crippen LogP contribution in [0.15, 0.2) is 0 Å². The van der Waals surface area contributed by atoms with Crippen molar-refractivity contribution < 1.29 is 14.7 Å². The molecule has 3 aliphatic rings. The number of amides is 2. The van der Waals surface area contributed by atoms with Gasteiger partial charge in [-0.05, 0) is 38.5 Å². The van der Waals surface area contributed by atoms with Crippen LogP contribution in [0.2, 0.25) is 0 Å². The number of carbonyl (C=O) groups excluding carboxylic acids is 1. The van der Waals surface area contributed by atoms with Crippen molar-refractivity contribution in [2.45, 2.75) is 52.1 Å². The molecule has 0 aromatic carbocycles. The second-order valence-corrected chi connectivity index (χ2v) is 8.01. The average Bonchev–Trinajstić information content (AvgIpc) is 3.11. The number of rotatable bonds is 3. The Kier molecular flexibility index (Phi) is 4.29. The molecule has 0 spiro atoms. The van der Waals surface area contributed by atoms with Crippen molar-refractivity contribution in [3.63, 3.8) is 0 Å². The van der Waals surface area contributed by atoms with Crippen molar-refractivity contribution in [1.29, 1.82) is 0 Å². The SMILES string of the molecule is CC1CN(C(C)C)CC1NC(=O)N1C[C@@H]2CCC[C@@]2(C(=O)O)C1. The average molecular weight is 323 g/mol. The maximum absolute atomic E-state index is 12.6. The Morgan fingerprint density at radius 3 is 2.57 bits per heavy atom. The first-order valence-corrected chi connectivity index (χ1v) is 8.86. The zero-order chi connectivity index (χ0) is 16.8. The van der Waals surface area contributed by atoms with Gasteiger partial charge < -0.3 is 15.3 Å². The lowest BCUT2D eigenvalue weighted by Crippen LogP contribution is -2.48. The molecule has 3 fully saturated rings. The number of hydrogen-bond acceptors (Lipinski definition) is 3. The zero-order valence-corrected chi connectivity index (χ0v) is 14.4. The van der Waals surface area contributed by atoms with Crippen LogP contribution in [0.1, 0.15) is 40.0 Å². The topological polar surface area (TPSA) is 72.9 Å². The lowest BCUT2D eigenvalue weighted by atomic mass is 9.81. The van der Waals surface area contributed by atoms with Gasteiger partial charge in [0.15, 0.2) is 0 Å². The number of urea groups is 1. The number of hydrogen-bond donors (Lipinski definition) is 2. The molecule has 2 amide bonds. The van der Waals surface area contributed by atoms with E-state index >= 15 is 0 Å². The molecule has 6 nitrogen and oxygen atoms in total. The maximum atomic E-state index is 12.6. The van der Waals surface area contributed by atoms with E-state index in [1.165, 1.54) is 0 Å². The molecule has 130 valence electrons. The predicted molar refractivity (Wildman–Crippen MR) is 87.2 cm³/mol. The van der Waals surface area contributed by atoms with Crippen LogP contribution < -0.4 is 5.32 Å². The lowest BCUT2D eigenvalue weighted by Gasteiger charge is -2.25. The highest BCUT2D eigenvalue weighted by Gasteiger charge is 2.56. The summed E-state index contributed by atoms with van der Waals surface area (Å²) in [6, 6.07) is 0.564. The highest BCUT2D eigenvalue weighted by atomic mass is 16.4. The summed E-state index contributed by atoms with van der Waals surface area (Å²) < 4.78 is 0. The Morgan fingerprint density at radius 1 is 1.26 bits per heavy atom. The van der Waals surface area contributed by atoms with Crippen LogP contribution >= 0.6 is 0 Å². The first-order valence-electron chi connectivity index (χ1n) is 8.86. The van der Waals surface area contributed by atoms with Gasteiger partial charge in [0.25, 0.3) is 0 Å². The molecule has 2 aliphatic heterocycles. The molecule has 0 radical (unpaired) electrons. The third-order valence-corrected chi connectivity index (χ3v) is 6.26. The third kappa shape index (κ3) is 2.82. The lowest BCUT2D eigenvalue weighted by molar-refractivity contribution is -0.149. The van der Waals surface area contributed by atoms with Crippen LogP contribution in [0.5, 0.6) is 0 Å². The van der Waals surface area contributed by atoms with E-state index in [1.54, 1.807) is 4.90 Å². The molecule has 0 bridgehead atoms. The number of carboxylic acids is 1. The van der Waals surface area contributed by atoms with Gasteiger partial charge in [-0.2, -0.15) is 0 Å². The number of nitrogens with zero attached hydrogens (tertiary/aromatic N) is 2. The van der Waals surface area contributed by atoms with E-state index in [4.69, 9.17) is 0 Å². The van der Waals surface area contributed by atoms with E-state index in [0.717, 1.165) is 25.9 Å². The smallest absolute Gasteiger partial charge is 0.317 e. The van der Waals surface area contributed by atoms with Crippen molar-refractivity contribution in [2.75, 3.05) is 26.2 Å². The fourth-order valence-electron chi connectivity index (χ4n) is 4.66. The van der Waals surface area contributed by atoms with Crippen LogP contribution in [0.25, 0.3) is 0 Å². The van der Waals surface area contributed by atoms with Gasteiger partial charge in [0.1, 0.15) is 0 Å². The van der Waals surface area contributed by atoms with Crippen LogP contribution in [0, 0.1) is 17.3 Å². The molecule has 4 atom stereocenters. The monoisotopic (exact) mass is 323 g/mol. The van der Waals surface area contributed by atoms with Crippen LogP contribution in [-0.4, -0.2) is 65.2 Å². The van der Waals surface area contributed by atoms with Gasteiger partial charge in [-0.15, -0.1) is 0 Å². The van der Waals surface area contributed by atoms with Crippen LogP contribution in [0.4, 0.5) is 4.79 Å². The summed E-state index contributed by atoms with van der Waals surface area (Å²) in [5, 5.41) is 12.8. The highest BCUT2D eigenvalue weighted by Crippen LogP contribution is 2.48. The molecule has 2 unspecified atom stereocenters. The quantitative estimate of drug-likeness (QED) is 0.828. The van der Waals surface area contributed by atoms with Gasteiger partial charge in [0.05, 0.1) is 5.41 Å². The number of nitrogens with one attached hydrogen (secondary N) is 1. The molecule has 1 saturated carbocycles. The molecule has 6 heteroatoms. The van der Waals surface area contributed by atoms with Crippen molar-refractivity contribution >= 4 is 12.0 Å². The summed E-state index contributed by atoms with van der Waals surface area (Å²) in [5.74, 6) is -0.175. The Morgan fingerprint density at radius 2 is 2.00 bits per heavy atom. The minimum atomic E-state index is -0.726. The second kappa shape index (κ2) is 5.96. The van der Waals surface area contributed by atoms with Gasteiger partial charge in [0, 0.05) is 38.3 Å². The predicted octanol–water partition coefficient (Wildman–Crippen LogP) is 1.61. The van der Waals surface area contributed by atoms with Gasteiger partial charge in [-0.3, -0.25) is 9.69 Å². The molecule has 0 aromatic rings. The number of fused-ring (bicyclic) bond motifs is 1. The van der Waals surface area contributed by atoms with Crippen molar-refractivity contribution in [3.05, 3.63) is 0 Å². The normalized spacial score (nSPS) is 37.4. The van der Waals surface area contributed by atoms with Gasteiger partial charge in [-0.25, -0.2) is 4.79 Å². The van der Waals surface area contributed by atoms with Crippen molar-refractivity contribution in [3.8, 4) is 0 Å². The van der Waals surface area contributed by atoms with Crippen molar-refractivity contribution in [1.82, 2.24) is 15.1 Å². The summed E-state index contributed by atoms with van der Waals surface area (Å²) in [4.78, 5) is 28.5. The Labute approximate surface area is 138 Å². The maximum Gasteiger partial charge on any atom is 0.317 e. The number of aliphatic carboxylic acids is 1. The molecule has 0 aromatic heterocycles. The first-order chi connectivity index (χ1) is 10.8. The first kappa shape index (κ1) is 16.6. The summed E-state index contributed by atoms with van der Waals surface area (Å²) in [6.45, 7) is 9.37.